The third-order valence-electron chi connectivity index (χ3n) is 7.02. The van der Waals surface area contributed by atoms with E-state index in [4.69, 9.17) is 0 Å². The number of pyridine rings is 1. The average Bonchev–Trinajstić information content (AvgIpc) is 3.31. The lowest BCUT2D eigenvalue weighted by molar-refractivity contribution is -0.133. The van der Waals surface area contributed by atoms with Crippen molar-refractivity contribution >= 4 is 39.9 Å². The number of carbonyl (C=O) groups excluding carboxylic acids is 3. The molecule has 0 unspecified atom stereocenters. The van der Waals surface area contributed by atoms with Crippen molar-refractivity contribution < 1.29 is 14.4 Å². The highest BCUT2D eigenvalue weighted by Gasteiger charge is 2.42. The maximum atomic E-state index is 13.7. The first kappa shape index (κ1) is 28.3. The molecule has 2 aromatic heterocycles. The molecule has 39 heavy (non-hydrogen) atoms. The normalized spacial score (nSPS) is 15.1. The molecule has 3 heterocycles. The Morgan fingerprint density at radius 3 is 2.51 bits per heavy atom. The Labute approximate surface area is 234 Å². The van der Waals surface area contributed by atoms with Gasteiger partial charge in [0.1, 0.15) is 10.5 Å². The standard InChI is InChI=1S/C30H37N5O3S/c1-8-20-12-10-19(17-32-20)22-15-21(11-9-18(22)2)33-28(38)34-25-23(16-24(39-25)29(3,4)5)26(36)35-14-13-31-27(37)30(35,6)7/h9-12,15-17H,8,13-14H2,1-7H3,(H,31,37)(H2,33,34,38). The van der Waals surface area contributed by atoms with Gasteiger partial charge in [-0.3, -0.25) is 19.9 Å². The molecular formula is C30H37N5O3S. The minimum atomic E-state index is -0.999. The van der Waals surface area contributed by atoms with Gasteiger partial charge in [-0.25, -0.2) is 4.79 Å². The van der Waals surface area contributed by atoms with Crippen LogP contribution in [0, 0.1) is 6.92 Å². The van der Waals surface area contributed by atoms with Crippen LogP contribution < -0.4 is 16.0 Å². The number of nitrogens with one attached hydrogen (secondary N) is 3. The molecule has 9 heteroatoms. The first-order valence-electron chi connectivity index (χ1n) is 13.2. The largest absolute Gasteiger partial charge is 0.352 e. The Bertz CT molecular complexity index is 1400. The second-order valence-corrected chi connectivity index (χ2v) is 12.4. The maximum absolute atomic E-state index is 13.7. The summed E-state index contributed by atoms with van der Waals surface area (Å²) in [5.74, 6) is -0.479. The molecule has 0 saturated carbocycles. The highest BCUT2D eigenvalue weighted by molar-refractivity contribution is 7.16. The smallest absolute Gasteiger partial charge is 0.324 e. The number of hydrogen-bond donors (Lipinski definition) is 3. The lowest BCUT2D eigenvalue weighted by Gasteiger charge is -2.41. The molecule has 4 amide bonds. The quantitative estimate of drug-likeness (QED) is 0.366. The zero-order valence-corrected chi connectivity index (χ0v) is 24.5. The van der Waals surface area contributed by atoms with E-state index in [1.165, 1.54) is 11.3 Å². The first-order chi connectivity index (χ1) is 18.3. The van der Waals surface area contributed by atoms with Gasteiger partial charge in [0.25, 0.3) is 5.91 Å². The number of anilines is 2. The monoisotopic (exact) mass is 547 g/mol. The van der Waals surface area contributed by atoms with Crippen molar-refractivity contribution in [3.8, 4) is 11.1 Å². The molecule has 1 aromatic carbocycles. The van der Waals surface area contributed by atoms with E-state index < -0.39 is 11.6 Å². The number of nitrogens with zero attached hydrogens (tertiary/aromatic N) is 2. The molecular weight excluding hydrogens is 510 g/mol. The summed E-state index contributed by atoms with van der Waals surface area (Å²) in [5.41, 5.74) is 3.84. The molecule has 0 bridgehead atoms. The van der Waals surface area contributed by atoms with E-state index in [1.54, 1.807) is 18.7 Å². The molecule has 206 valence electrons. The number of urea groups is 1. The third-order valence-corrected chi connectivity index (χ3v) is 8.49. The van der Waals surface area contributed by atoms with Gasteiger partial charge in [-0.15, -0.1) is 11.3 Å². The molecule has 1 saturated heterocycles. The summed E-state index contributed by atoms with van der Waals surface area (Å²) >= 11 is 1.38. The van der Waals surface area contributed by atoms with Gasteiger partial charge in [-0.1, -0.05) is 39.8 Å². The van der Waals surface area contributed by atoms with E-state index in [2.05, 4.69) is 48.6 Å². The number of amides is 4. The van der Waals surface area contributed by atoms with Gasteiger partial charge in [-0.05, 0) is 68.0 Å². The van der Waals surface area contributed by atoms with Crippen LogP contribution in [0.1, 0.15) is 68.0 Å². The number of carbonyl (C=O) groups is 3. The fraction of sp³-hybridized carbons (Fsp3) is 0.400. The first-order valence-corrected chi connectivity index (χ1v) is 14.0. The summed E-state index contributed by atoms with van der Waals surface area (Å²) in [6.07, 6.45) is 2.72. The number of thiophene rings is 1. The van der Waals surface area contributed by atoms with E-state index >= 15 is 0 Å². The van der Waals surface area contributed by atoms with Crippen LogP contribution in [0.4, 0.5) is 15.5 Å². The second kappa shape index (κ2) is 10.8. The van der Waals surface area contributed by atoms with Crippen LogP contribution in [0.5, 0.6) is 0 Å². The SMILES string of the molecule is CCc1ccc(-c2cc(NC(=O)Nc3sc(C(C)(C)C)cc3C(=O)N3CCNC(=O)C3(C)C)ccc2C)cn1. The van der Waals surface area contributed by atoms with Gasteiger partial charge >= 0.3 is 6.03 Å². The zero-order valence-electron chi connectivity index (χ0n) is 23.7. The van der Waals surface area contributed by atoms with Crippen molar-refractivity contribution in [2.24, 2.45) is 0 Å². The summed E-state index contributed by atoms with van der Waals surface area (Å²) in [6.45, 7) is 14.5. The van der Waals surface area contributed by atoms with Crippen LogP contribution in [0.25, 0.3) is 11.1 Å². The number of rotatable bonds is 5. The highest BCUT2D eigenvalue weighted by Crippen LogP contribution is 2.38. The Morgan fingerprint density at radius 1 is 1.13 bits per heavy atom. The number of aromatic nitrogens is 1. The summed E-state index contributed by atoms with van der Waals surface area (Å²) in [4.78, 5) is 46.4. The van der Waals surface area contributed by atoms with E-state index in [0.29, 0.717) is 29.3 Å². The van der Waals surface area contributed by atoms with Crippen molar-refractivity contribution in [3.05, 3.63) is 64.3 Å². The van der Waals surface area contributed by atoms with Gasteiger partial charge < -0.3 is 15.5 Å². The van der Waals surface area contributed by atoms with Gasteiger partial charge in [-0.2, -0.15) is 0 Å². The molecule has 4 rings (SSSR count). The molecule has 0 aliphatic carbocycles. The van der Waals surface area contributed by atoms with Crippen LogP contribution in [-0.2, 0) is 16.6 Å². The van der Waals surface area contributed by atoms with E-state index in [9.17, 15) is 14.4 Å². The van der Waals surface area contributed by atoms with E-state index in [0.717, 1.165) is 33.7 Å². The molecule has 0 radical (unpaired) electrons. The summed E-state index contributed by atoms with van der Waals surface area (Å²) in [5, 5.41) is 9.10. The zero-order chi connectivity index (χ0) is 28.5. The Balaban J connectivity index is 1.59. The van der Waals surface area contributed by atoms with Crippen molar-refractivity contribution in [2.75, 3.05) is 23.7 Å². The Hall–Kier alpha value is -3.72. The lowest BCUT2D eigenvalue weighted by atomic mass is 9.93. The van der Waals surface area contributed by atoms with Crippen LogP contribution in [0.2, 0.25) is 0 Å². The predicted molar refractivity (Wildman–Crippen MR) is 158 cm³/mol. The molecule has 0 atom stereocenters. The average molecular weight is 548 g/mol. The summed E-state index contributed by atoms with van der Waals surface area (Å²) < 4.78 is 0. The Morgan fingerprint density at radius 2 is 1.87 bits per heavy atom. The molecule has 1 fully saturated rings. The highest BCUT2D eigenvalue weighted by atomic mass is 32.1. The fourth-order valence-corrected chi connectivity index (χ4v) is 5.58. The van der Waals surface area contributed by atoms with Crippen molar-refractivity contribution in [1.29, 1.82) is 0 Å². The van der Waals surface area contributed by atoms with Crippen molar-refractivity contribution in [3.63, 3.8) is 0 Å². The van der Waals surface area contributed by atoms with Crippen LogP contribution >= 0.6 is 11.3 Å². The van der Waals surface area contributed by atoms with Crippen molar-refractivity contribution in [1.82, 2.24) is 15.2 Å². The number of benzene rings is 1. The number of piperazine rings is 1. The van der Waals surface area contributed by atoms with Crippen LogP contribution in [0.15, 0.2) is 42.6 Å². The van der Waals surface area contributed by atoms with E-state index in [-0.39, 0.29) is 17.2 Å². The molecule has 3 N–H and O–H groups in total. The van der Waals surface area contributed by atoms with Gasteiger partial charge in [0, 0.05) is 41.1 Å². The van der Waals surface area contributed by atoms with Gasteiger partial charge in [0.05, 0.1) is 5.56 Å². The minimum Gasteiger partial charge on any atom is -0.352 e. The fourth-order valence-electron chi connectivity index (χ4n) is 4.48. The van der Waals surface area contributed by atoms with Crippen molar-refractivity contribution in [2.45, 2.75) is 65.8 Å². The number of hydrogen-bond acceptors (Lipinski definition) is 5. The van der Waals surface area contributed by atoms with E-state index in [1.807, 2.05) is 49.5 Å². The molecule has 3 aromatic rings. The maximum Gasteiger partial charge on any atom is 0.324 e. The second-order valence-electron chi connectivity index (χ2n) is 11.4. The number of aryl methyl sites for hydroxylation is 2. The molecule has 8 nitrogen and oxygen atoms in total. The third kappa shape index (κ3) is 5.98. The molecule has 0 spiro atoms. The summed E-state index contributed by atoms with van der Waals surface area (Å²) in [7, 11) is 0. The van der Waals surface area contributed by atoms with Gasteiger partial charge in [0.15, 0.2) is 0 Å². The lowest BCUT2D eigenvalue weighted by Crippen LogP contribution is -2.63. The van der Waals surface area contributed by atoms with Crippen LogP contribution in [0.3, 0.4) is 0 Å². The Kier molecular flexibility index (Phi) is 7.84. The molecule has 1 aliphatic rings. The predicted octanol–water partition coefficient (Wildman–Crippen LogP) is 5.97. The summed E-state index contributed by atoms with van der Waals surface area (Å²) in [6, 6.07) is 11.2. The van der Waals surface area contributed by atoms with Gasteiger partial charge in [0.2, 0.25) is 5.91 Å². The van der Waals surface area contributed by atoms with Crippen LogP contribution in [-0.4, -0.2) is 46.4 Å². The topological polar surface area (TPSA) is 103 Å². The molecule has 1 aliphatic heterocycles. The minimum absolute atomic E-state index is 0.199.